The van der Waals surface area contributed by atoms with Crippen molar-refractivity contribution >= 4 is 0 Å². The Labute approximate surface area is 97.2 Å². The Bertz CT molecular complexity index is 216. The molecule has 16 heavy (non-hydrogen) atoms. The summed E-state index contributed by atoms with van der Waals surface area (Å²) >= 11 is 0. The van der Waals surface area contributed by atoms with Gasteiger partial charge in [0.15, 0.2) is 0 Å². The zero-order valence-corrected chi connectivity index (χ0v) is 9.90. The first-order chi connectivity index (χ1) is 7.78. The van der Waals surface area contributed by atoms with Gasteiger partial charge >= 0.3 is 0 Å². The summed E-state index contributed by atoms with van der Waals surface area (Å²) in [6, 6.07) is 0. The Morgan fingerprint density at radius 2 is 2.25 bits per heavy atom. The van der Waals surface area contributed by atoms with Crippen LogP contribution >= 0.6 is 0 Å². The van der Waals surface area contributed by atoms with Crippen molar-refractivity contribution in [2.24, 2.45) is 11.3 Å². The summed E-state index contributed by atoms with van der Waals surface area (Å²) in [6.07, 6.45) is 3.26. The summed E-state index contributed by atoms with van der Waals surface area (Å²) in [7, 11) is 0. The van der Waals surface area contributed by atoms with Crippen molar-refractivity contribution in [1.29, 1.82) is 0 Å². The van der Waals surface area contributed by atoms with E-state index in [0.717, 1.165) is 45.5 Å². The fraction of sp³-hybridized carbons (Fsp3) is 1.00. The van der Waals surface area contributed by atoms with Crippen molar-refractivity contribution < 1.29 is 14.9 Å². The third-order valence-electron chi connectivity index (χ3n) is 3.94. The fourth-order valence-corrected chi connectivity index (χ4v) is 2.87. The molecule has 2 unspecified atom stereocenters. The topological polar surface area (TPSA) is 52.9 Å². The maximum absolute atomic E-state index is 9.51. The summed E-state index contributed by atoms with van der Waals surface area (Å²) in [4.78, 5) is 2.38. The molecule has 94 valence electrons. The van der Waals surface area contributed by atoms with E-state index < -0.39 is 0 Å². The Hall–Kier alpha value is -0.160. The van der Waals surface area contributed by atoms with E-state index in [-0.39, 0.29) is 12.0 Å². The molecule has 0 aromatic carbocycles. The summed E-state index contributed by atoms with van der Waals surface area (Å²) in [5, 5.41) is 18.7. The predicted molar refractivity (Wildman–Crippen MR) is 61.2 cm³/mol. The molecule has 2 atom stereocenters. The average molecular weight is 229 g/mol. The lowest BCUT2D eigenvalue weighted by Crippen LogP contribution is -2.45. The van der Waals surface area contributed by atoms with E-state index in [1.54, 1.807) is 0 Å². The molecule has 0 radical (unpaired) electrons. The number of hydrogen-bond donors (Lipinski definition) is 2. The van der Waals surface area contributed by atoms with Gasteiger partial charge in [0.25, 0.3) is 0 Å². The zero-order valence-electron chi connectivity index (χ0n) is 9.90. The molecular formula is C12H23NO3. The molecule has 0 aliphatic carbocycles. The minimum Gasteiger partial charge on any atom is -0.396 e. The molecule has 0 spiro atoms. The molecule has 0 aromatic rings. The SMILES string of the molecule is OCC1CCCN(CC2(CO)CCOC2)C1. The number of rotatable bonds is 4. The molecule has 0 saturated carbocycles. The van der Waals surface area contributed by atoms with Crippen LogP contribution in [0.3, 0.4) is 0 Å². The Kier molecular flexibility index (Phi) is 4.19. The van der Waals surface area contributed by atoms with Crippen LogP contribution in [0, 0.1) is 11.3 Å². The van der Waals surface area contributed by atoms with Gasteiger partial charge in [-0.15, -0.1) is 0 Å². The molecule has 0 aromatic heterocycles. The number of ether oxygens (including phenoxy) is 1. The maximum atomic E-state index is 9.51. The lowest BCUT2D eigenvalue weighted by Gasteiger charge is -2.37. The summed E-state index contributed by atoms with van der Waals surface area (Å²) in [6.45, 7) is 4.95. The van der Waals surface area contributed by atoms with Crippen molar-refractivity contribution in [3.05, 3.63) is 0 Å². The van der Waals surface area contributed by atoms with Crippen LogP contribution < -0.4 is 0 Å². The van der Waals surface area contributed by atoms with Gasteiger partial charge < -0.3 is 19.8 Å². The van der Waals surface area contributed by atoms with Gasteiger partial charge in [0.05, 0.1) is 13.2 Å². The van der Waals surface area contributed by atoms with E-state index in [1.165, 1.54) is 0 Å². The van der Waals surface area contributed by atoms with Crippen molar-refractivity contribution in [3.63, 3.8) is 0 Å². The molecule has 2 N–H and O–H groups in total. The number of likely N-dealkylation sites (tertiary alicyclic amines) is 1. The molecule has 2 aliphatic rings. The lowest BCUT2D eigenvalue weighted by molar-refractivity contribution is 0.0336. The molecule has 2 heterocycles. The van der Waals surface area contributed by atoms with E-state index in [0.29, 0.717) is 19.1 Å². The van der Waals surface area contributed by atoms with Crippen LogP contribution in [0.4, 0.5) is 0 Å². The quantitative estimate of drug-likeness (QED) is 0.717. The van der Waals surface area contributed by atoms with Crippen molar-refractivity contribution in [3.8, 4) is 0 Å². The lowest BCUT2D eigenvalue weighted by atomic mass is 9.86. The van der Waals surface area contributed by atoms with Crippen LogP contribution in [-0.4, -0.2) is 61.2 Å². The van der Waals surface area contributed by atoms with Gasteiger partial charge in [-0.05, 0) is 31.7 Å². The van der Waals surface area contributed by atoms with Crippen LogP contribution in [0.5, 0.6) is 0 Å². The van der Waals surface area contributed by atoms with Crippen LogP contribution in [0.25, 0.3) is 0 Å². The molecule has 2 aliphatic heterocycles. The van der Waals surface area contributed by atoms with Gasteiger partial charge in [0, 0.05) is 31.7 Å². The monoisotopic (exact) mass is 229 g/mol. The number of aliphatic hydroxyl groups excluding tert-OH is 2. The molecule has 2 rings (SSSR count). The van der Waals surface area contributed by atoms with Crippen molar-refractivity contribution in [2.75, 3.05) is 46.1 Å². The standard InChI is InChI=1S/C12H23NO3/c14-7-11-2-1-4-13(6-11)8-12(9-15)3-5-16-10-12/h11,14-15H,1-10H2. The van der Waals surface area contributed by atoms with Gasteiger partial charge in [-0.2, -0.15) is 0 Å². The molecule has 4 nitrogen and oxygen atoms in total. The minimum atomic E-state index is -0.0443. The van der Waals surface area contributed by atoms with Gasteiger partial charge in [0.1, 0.15) is 0 Å². The van der Waals surface area contributed by atoms with E-state index >= 15 is 0 Å². The molecule has 4 heteroatoms. The Morgan fingerprint density at radius 3 is 2.88 bits per heavy atom. The molecule has 2 fully saturated rings. The highest BCUT2D eigenvalue weighted by Crippen LogP contribution is 2.30. The summed E-state index contributed by atoms with van der Waals surface area (Å²) in [5.41, 5.74) is -0.0443. The predicted octanol–water partition coefficient (Wildman–Crippen LogP) is 0.0897. The van der Waals surface area contributed by atoms with Crippen LogP contribution in [0.2, 0.25) is 0 Å². The third kappa shape index (κ3) is 2.74. The van der Waals surface area contributed by atoms with Crippen LogP contribution in [-0.2, 0) is 4.74 Å². The summed E-state index contributed by atoms with van der Waals surface area (Å²) < 4.78 is 5.41. The zero-order chi connectivity index (χ0) is 11.4. The first-order valence-electron chi connectivity index (χ1n) is 6.30. The number of aliphatic hydroxyl groups is 2. The molecule has 0 bridgehead atoms. The molecule has 2 saturated heterocycles. The number of piperidine rings is 1. The molecular weight excluding hydrogens is 206 g/mol. The normalized spacial score (nSPS) is 36.8. The minimum absolute atomic E-state index is 0.0443. The molecule has 0 amide bonds. The van der Waals surface area contributed by atoms with E-state index in [9.17, 15) is 10.2 Å². The second-order valence-electron chi connectivity index (χ2n) is 5.39. The largest absolute Gasteiger partial charge is 0.396 e. The Morgan fingerprint density at radius 1 is 1.38 bits per heavy atom. The number of hydrogen-bond acceptors (Lipinski definition) is 4. The Balaban J connectivity index is 1.87. The van der Waals surface area contributed by atoms with Crippen molar-refractivity contribution in [2.45, 2.75) is 19.3 Å². The first-order valence-corrected chi connectivity index (χ1v) is 6.30. The fourth-order valence-electron chi connectivity index (χ4n) is 2.87. The smallest absolute Gasteiger partial charge is 0.0557 e. The average Bonchev–Trinajstić information content (AvgIpc) is 2.78. The second kappa shape index (κ2) is 5.45. The number of nitrogens with zero attached hydrogens (tertiary/aromatic N) is 1. The highest BCUT2D eigenvalue weighted by Gasteiger charge is 2.37. The van der Waals surface area contributed by atoms with E-state index in [2.05, 4.69) is 4.90 Å². The highest BCUT2D eigenvalue weighted by molar-refractivity contribution is 4.87. The maximum Gasteiger partial charge on any atom is 0.0557 e. The van der Waals surface area contributed by atoms with Gasteiger partial charge in [-0.25, -0.2) is 0 Å². The van der Waals surface area contributed by atoms with Gasteiger partial charge in [0.2, 0.25) is 0 Å². The van der Waals surface area contributed by atoms with Gasteiger partial charge in [-0.1, -0.05) is 0 Å². The van der Waals surface area contributed by atoms with E-state index in [4.69, 9.17) is 4.74 Å². The second-order valence-corrected chi connectivity index (χ2v) is 5.39. The van der Waals surface area contributed by atoms with Crippen LogP contribution in [0.15, 0.2) is 0 Å². The third-order valence-corrected chi connectivity index (χ3v) is 3.94. The van der Waals surface area contributed by atoms with Gasteiger partial charge in [-0.3, -0.25) is 0 Å². The van der Waals surface area contributed by atoms with E-state index in [1.807, 2.05) is 0 Å². The first kappa shape index (κ1) is 12.3. The summed E-state index contributed by atoms with van der Waals surface area (Å²) in [5.74, 6) is 0.423. The van der Waals surface area contributed by atoms with Crippen molar-refractivity contribution in [1.82, 2.24) is 4.90 Å². The van der Waals surface area contributed by atoms with Crippen LogP contribution in [0.1, 0.15) is 19.3 Å². The highest BCUT2D eigenvalue weighted by atomic mass is 16.5.